The van der Waals surface area contributed by atoms with Gasteiger partial charge in [0.25, 0.3) is 0 Å². The predicted molar refractivity (Wildman–Crippen MR) is 82.3 cm³/mol. The maximum absolute atomic E-state index is 11.2. The summed E-state index contributed by atoms with van der Waals surface area (Å²) in [5.41, 5.74) is 2.26. The number of hydrogen-bond donors (Lipinski definition) is 0. The maximum atomic E-state index is 11.2. The number of ether oxygens (including phenoxy) is 2. The highest BCUT2D eigenvalue weighted by molar-refractivity contribution is 5.70. The van der Waals surface area contributed by atoms with Crippen LogP contribution >= 0.6 is 0 Å². The molecule has 0 unspecified atom stereocenters. The molecule has 0 heterocycles. The molecule has 108 valence electrons. The summed E-state index contributed by atoms with van der Waals surface area (Å²) < 4.78 is 10.4. The van der Waals surface area contributed by atoms with Crippen LogP contribution in [0.25, 0.3) is 0 Å². The molecule has 0 aromatic heterocycles. The van der Waals surface area contributed by atoms with E-state index in [1.54, 1.807) is 0 Å². The number of carbonyl (C=O) groups excluding carboxylic acids is 1. The zero-order valence-electron chi connectivity index (χ0n) is 12.0. The van der Waals surface area contributed by atoms with E-state index in [4.69, 9.17) is 4.74 Å². The molecule has 3 nitrogen and oxygen atoms in total. The van der Waals surface area contributed by atoms with Crippen LogP contribution in [0.1, 0.15) is 17.5 Å². The predicted octanol–water partition coefficient (Wildman–Crippen LogP) is 4.41. The van der Waals surface area contributed by atoms with Crippen LogP contribution in [0.5, 0.6) is 11.5 Å². The number of esters is 1. The van der Waals surface area contributed by atoms with Crippen molar-refractivity contribution in [1.82, 2.24) is 0 Å². The van der Waals surface area contributed by atoms with Gasteiger partial charge in [0.15, 0.2) is 0 Å². The fraction of sp³-hybridized carbons (Fsp3) is 0.167. The van der Waals surface area contributed by atoms with Crippen LogP contribution < -0.4 is 4.74 Å². The van der Waals surface area contributed by atoms with Crippen LogP contribution in [-0.4, -0.2) is 5.97 Å². The number of hydrogen-bond acceptors (Lipinski definition) is 3. The minimum atomic E-state index is -0.273. The minimum absolute atomic E-state index is 0.273. The molecular formula is C18H18O3. The second-order valence-corrected chi connectivity index (χ2v) is 4.72. The van der Waals surface area contributed by atoms with Gasteiger partial charge in [-0.05, 0) is 43.2 Å². The molecule has 2 aromatic carbocycles. The lowest BCUT2D eigenvalue weighted by Crippen LogP contribution is -2.01. The van der Waals surface area contributed by atoms with E-state index >= 15 is 0 Å². The van der Waals surface area contributed by atoms with Crippen molar-refractivity contribution in [3.05, 3.63) is 72.5 Å². The van der Waals surface area contributed by atoms with Crippen LogP contribution in [0.2, 0.25) is 0 Å². The monoisotopic (exact) mass is 282 g/mol. The lowest BCUT2D eigenvalue weighted by atomic mass is 10.1. The lowest BCUT2D eigenvalue weighted by Gasteiger charge is -2.07. The van der Waals surface area contributed by atoms with E-state index in [-0.39, 0.29) is 5.97 Å². The van der Waals surface area contributed by atoms with Gasteiger partial charge in [0.05, 0.1) is 6.26 Å². The molecule has 0 saturated carbocycles. The van der Waals surface area contributed by atoms with Gasteiger partial charge >= 0.3 is 5.97 Å². The molecule has 0 amide bonds. The minimum Gasteiger partial charge on any atom is -0.457 e. The zero-order valence-corrected chi connectivity index (χ0v) is 12.0. The number of carbonyl (C=O) groups is 1. The Morgan fingerprint density at radius 2 is 1.62 bits per heavy atom. The SMILES string of the molecule is C=COC(=O)CCc1ccc(Oc2ccc(C)cc2)cc1. The second-order valence-electron chi connectivity index (χ2n) is 4.72. The summed E-state index contributed by atoms with van der Waals surface area (Å²) in [6.07, 6.45) is 2.13. The van der Waals surface area contributed by atoms with Gasteiger partial charge in [0.1, 0.15) is 11.5 Å². The highest BCUT2D eigenvalue weighted by atomic mass is 16.5. The van der Waals surface area contributed by atoms with Crippen molar-refractivity contribution in [2.75, 3.05) is 0 Å². The Bertz CT molecular complexity index is 597. The standard InChI is InChI=1S/C18H18O3/c1-3-20-18(19)13-8-15-6-11-17(12-7-15)21-16-9-4-14(2)5-10-16/h3-7,9-12H,1,8,13H2,2H3. The van der Waals surface area contributed by atoms with Crippen molar-refractivity contribution in [2.24, 2.45) is 0 Å². The molecule has 0 atom stereocenters. The molecule has 0 fully saturated rings. The van der Waals surface area contributed by atoms with E-state index in [1.807, 2.05) is 55.5 Å². The highest BCUT2D eigenvalue weighted by Crippen LogP contribution is 2.22. The fourth-order valence-electron chi connectivity index (χ4n) is 1.86. The van der Waals surface area contributed by atoms with E-state index in [0.29, 0.717) is 12.8 Å². The lowest BCUT2D eigenvalue weighted by molar-refractivity contribution is -0.137. The molecule has 21 heavy (non-hydrogen) atoms. The Kier molecular flexibility index (Phi) is 5.16. The molecule has 0 aliphatic carbocycles. The fourth-order valence-corrected chi connectivity index (χ4v) is 1.86. The average Bonchev–Trinajstić information content (AvgIpc) is 2.49. The summed E-state index contributed by atoms with van der Waals surface area (Å²) in [6, 6.07) is 15.6. The summed E-state index contributed by atoms with van der Waals surface area (Å²) in [5.74, 6) is 1.31. The number of aryl methyl sites for hydroxylation is 2. The molecule has 0 N–H and O–H groups in total. The van der Waals surface area contributed by atoms with Crippen LogP contribution in [0.4, 0.5) is 0 Å². The summed E-state index contributed by atoms with van der Waals surface area (Å²) >= 11 is 0. The van der Waals surface area contributed by atoms with Crippen LogP contribution in [-0.2, 0) is 16.0 Å². The largest absolute Gasteiger partial charge is 0.457 e. The van der Waals surface area contributed by atoms with Gasteiger partial charge < -0.3 is 9.47 Å². The smallest absolute Gasteiger partial charge is 0.310 e. The number of rotatable bonds is 6. The molecule has 2 rings (SSSR count). The number of benzene rings is 2. The summed E-state index contributed by atoms with van der Waals surface area (Å²) in [4.78, 5) is 11.2. The average molecular weight is 282 g/mol. The van der Waals surface area contributed by atoms with Gasteiger partial charge in [0, 0.05) is 6.42 Å². The first-order valence-corrected chi connectivity index (χ1v) is 6.81. The summed E-state index contributed by atoms with van der Waals surface area (Å²) in [7, 11) is 0. The molecule has 0 saturated heterocycles. The molecule has 2 aromatic rings. The molecular weight excluding hydrogens is 264 g/mol. The topological polar surface area (TPSA) is 35.5 Å². The Morgan fingerprint density at radius 1 is 1.05 bits per heavy atom. The third-order valence-electron chi connectivity index (χ3n) is 3.01. The van der Waals surface area contributed by atoms with E-state index in [2.05, 4.69) is 11.3 Å². The van der Waals surface area contributed by atoms with Crippen molar-refractivity contribution in [3.63, 3.8) is 0 Å². The Balaban J connectivity index is 1.91. The van der Waals surface area contributed by atoms with Crippen molar-refractivity contribution >= 4 is 5.97 Å². The molecule has 0 aliphatic rings. The van der Waals surface area contributed by atoms with Crippen LogP contribution in [0, 0.1) is 6.92 Å². The molecule has 0 bridgehead atoms. The Morgan fingerprint density at radius 3 is 2.19 bits per heavy atom. The van der Waals surface area contributed by atoms with E-state index in [1.165, 1.54) is 5.56 Å². The third-order valence-corrected chi connectivity index (χ3v) is 3.01. The van der Waals surface area contributed by atoms with Crippen LogP contribution in [0.3, 0.4) is 0 Å². The first kappa shape index (κ1) is 14.9. The zero-order chi connectivity index (χ0) is 15.1. The van der Waals surface area contributed by atoms with Gasteiger partial charge in [-0.25, -0.2) is 0 Å². The molecule has 3 heteroatoms. The first-order valence-electron chi connectivity index (χ1n) is 6.81. The van der Waals surface area contributed by atoms with E-state index < -0.39 is 0 Å². The summed E-state index contributed by atoms with van der Waals surface area (Å²) in [5, 5.41) is 0. The van der Waals surface area contributed by atoms with Gasteiger partial charge in [-0.3, -0.25) is 4.79 Å². The van der Waals surface area contributed by atoms with Crippen molar-refractivity contribution in [3.8, 4) is 11.5 Å². The van der Waals surface area contributed by atoms with Gasteiger partial charge in [-0.15, -0.1) is 0 Å². The maximum Gasteiger partial charge on any atom is 0.310 e. The second kappa shape index (κ2) is 7.29. The summed E-state index contributed by atoms with van der Waals surface area (Å²) in [6.45, 7) is 5.39. The van der Waals surface area contributed by atoms with Gasteiger partial charge in [0.2, 0.25) is 0 Å². The first-order chi connectivity index (χ1) is 10.2. The third kappa shape index (κ3) is 4.80. The molecule has 0 spiro atoms. The van der Waals surface area contributed by atoms with Crippen LogP contribution in [0.15, 0.2) is 61.4 Å². The van der Waals surface area contributed by atoms with E-state index in [9.17, 15) is 4.79 Å². The molecule has 0 radical (unpaired) electrons. The Hall–Kier alpha value is -2.55. The Labute approximate surface area is 124 Å². The van der Waals surface area contributed by atoms with E-state index in [0.717, 1.165) is 23.3 Å². The van der Waals surface area contributed by atoms with Gasteiger partial charge in [-0.2, -0.15) is 0 Å². The highest BCUT2D eigenvalue weighted by Gasteiger charge is 2.03. The molecule has 0 aliphatic heterocycles. The quantitative estimate of drug-likeness (QED) is 0.581. The van der Waals surface area contributed by atoms with Crippen molar-refractivity contribution in [2.45, 2.75) is 19.8 Å². The normalized spacial score (nSPS) is 9.95. The van der Waals surface area contributed by atoms with Crippen molar-refractivity contribution < 1.29 is 14.3 Å². The van der Waals surface area contributed by atoms with Gasteiger partial charge in [-0.1, -0.05) is 36.4 Å². The van der Waals surface area contributed by atoms with Crippen molar-refractivity contribution in [1.29, 1.82) is 0 Å².